The van der Waals surface area contributed by atoms with E-state index in [4.69, 9.17) is 4.78 Å². The molecule has 0 fully saturated rings. The van der Waals surface area contributed by atoms with Gasteiger partial charge in [-0.15, -0.1) is 11.3 Å². The zero-order valence-corrected chi connectivity index (χ0v) is 20.0. The lowest BCUT2D eigenvalue weighted by Gasteiger charge is -2.07. The summed E-state index contributed by atoms with van der Waals surface area (Å²) in [5.74, 6) is 0.221. The van der Waals surface area contributed by atoms with E-state index in [0.29, 0.717) is 16.4 Å². The van der Waals surface area contributed by atoms with E-state index < -0.39 is 9.73 Å². The first-order valence-corrected chi connectivity index (χ1v) is 13.2. The van der Waals surface area contributed by atoms with Crippen LogP contribution in [0.4, 0.5) is 5.69 Å². The molecule has 170 valence electrons. The molecule has 0 saturated carbocycles. The number of hydrogen-bond acceptors (Lipinski definition) is 7. The average molecular weight is 489 g/mol. The number of rotatable bonds is 5. The van der Waals surface area contributed by atoms with Gasteiger partial charge >= 0.3 is 0 Å². The van der Waals surface area contributed by atoms with Crippen LogP contribution in [-0.2, 0) is 9.73 Å². The molecule has 5 aromatic rings. The highest BCUT2D eigenvalue weighted by atomic mass is 32.2. The van der Waals surface area contributed by atoms with Crippen molar-refractivity contribution in [2.75, 3.05) is 11.6 Å². The monoisotopic (exact) mass is 488 g/mol. The number of hydrogen-bond donors (Lipinski definition) is 2. The second-order valence-corrected chi connectivity index (χ2v) is 10.9. The van der Waals surface area contributed by atoms with Gasteiger partial charge in [0.25, 0.3) is 5.91 Å². The van der Waals surface area contributed by atoms with Gasteiger partial charge in [-0.3, -0.25) is 4.79 Å². The van der Waals surface area contributed by atoms with Gasteiger partial charge in [0, 0.05) is 28.1 Å². The van der Waals surface area contributed by atoms with Gasteiger partial charge in [-0.2, -0.15) is 5.10 Å². The van der Waals surface area contributed by atoms with Gasteiger partial charge in [0.2, 0.25) is 0 Å². The third-order valence-corrected chi connectivity index (χ3v) is 7.19. The van der Waals surface area contributed by atoms with Gasteiger partial charge in [0.15, 0.2) is 11.5 Å². The SMILES string of the molecule is Cc1cccc(-n2nc(C(=O)Nc3ccc(S(C)(=N)=O)cc3)cc2-c2ccc3ncsc3c2)n1. The van der Waals surface area contributed by atoms with Gasteiger partial charge in [-0.05, 0) is 61.5 Å². The van der Waals surface area contributed by atoms with E-state index in [1.165, 1.54) is 6.26 Å². The summed E-state index contributed by atoms with van der Waals surface area (Å²) in [6.45, 7) is 1.90. The van der Waals surface area contributed by atoms with Crippen LogP contribution in [0.5, 0.6) is 0 Å². The van der Waals surface area contributed by atoms with Crippen molar-refractivity contribution in [1.29, 1.82) is 4.78 Å². The second kappa shape index (κ2) is 8.47. The van der Waals surface area contributed by atoms with E-state index in [1.807, 2.05) is 43.3 Å². The molecule has 5 rings (SSSR count). The molecule has 0 aliphatic carbocycles. The number of thiazole rings is 1. The first-order chi connectivity index (χ1) is 16.3. The molecule has 1 unspecified atom stereocenters. The van der Waals surface area contributed by atoms with Crippen molar-refractivity contribution in [1.82, 2.24) is 19.7 Å². The van der Waals surface area contributed by atoms with Gasteiger partial charge < -0.3 is 5.32 Å². The van der Waals surface area contributed by atoms with Crippen molar-refractivity contribution < 1.29 is 9.00 Å². The number of aryl methyl sites for hydroxylation is 1. The Kier molecular flexibility index (Phi) is 5.46. The molecule has 0 radical (unpaired) electrons. The molecule has 0 bridgehead atoms. The summed E-state index contributed by atoms with van der Waals surface area (Å²) in [4.78, 5) is 22.4. The van der Waals surface area contributed by atoms with Crippen molar-refractivity contribution in [2.24, 2.45) is 0 Å². The van der Waals surface area contributed by atoms with Crippen molar-refractivity contribution >= 4 is 42.9 Å². The Labute approximate surface area is 200 Å². The zero-order valence-electron chi connectivity index (χ0n) is 18.4. The molecular formula is C24H20N6O2S2. The first-order valence-electron chi connectivity index (χ1n) is 10.3. The quantitative estimate of drug-likeness (QED) is 0.356. The normalized spacial score (nSPS) is 13.0. The molecule has 1 atom stereocenters. The molecule has 0 aliphatic heterocycles. The van der Waals surface area contributed by atoms with Gasteiger partial charge in [0.05, 0.1) is 31.2 Å². The minimum absolute atomic E-state index is 0.228. The smallest absolute Gasteiger partial charge is 0.276 e. The summed E-state index contributed by atoms with van der Waals surface area (Å²) in [5, 5.41) is 7.39. The number of benzene rings is 2. The van der Waals surface area contributed by atoms with E-state index >= 15 is 0 Å². The lowest BCUT2D eigenvalue weighted by atomic mass is 10.1. The van der Waals surface area contributed by atoms with Crippen LogP contribution in [0.2, 0.25) is 0 Å². The van der Waals surface area contributed by atoms with E-state index in [1.54, 1.807) is 51.9 Å². The number of carbonyl (C=O) groups excluding carboxylic acids is 1. The Bertz CT molecular complexity index is 1640. The van der Waals surface area contributed by atoms with Crippen molar-refractivity contribution in [3.63, 3.8) is 0 Å². The molecule has 34 heavy (non-hydrogen) atoms. The number of nitrogens with one attached hydrogen (secondary N) is 2. The predicted octanol–water partition coefficient (Wildman–Crippen LogP) is 5.14. The second-order valence-electron chi connectivity index (χ2n) is 7.82. The molecule has 0 spiro atoms. The Balaban J connectivity index is 1.54. The van der Waals surface area contributed by atoms with Gasteiger partial charge in [-0.1, -0.05) is 12.1 Å². The summed E-state index contributed by atoms with van der Waals surface area (Å²) in [5.41, 5.74) is 5.93. The molecule has 0 saturated heterocycles. The maximum absolute atomic E-state index is 13.1. The maximum Gasteiger partial charge on any atom is 0.276 e. The van der Waals surface area contributed by atoms with Gasteiger partial charge in [-0.25, -0.2) is 23.6 Å². The first kappa shape index (κ1) is 21.9. The van der Waals surface area contributed by atoms with E-state index in [9.17, 15) is 9.00 Å². The molecular weight excluding hydrogens is 468 g/mol. The maximum atomic E-state index is 13.1. The van der Waals surface area contributed by atoms with Crippen LogP contribution in [-0.4, -0.2) is 36.1 Å². The average Bonchev–Trinajstić information content (AvgIpc) is 3.46. The van der Waals surface area contributed by atoms with Gasteiger partial charge in [0.1, 0.15) is 0 Å². The number of aromatic nitrogens is 4. The molecule has 2 N–H and O–H groups in total. The Hall–Kier alpha value is -3.89. The number of pyridine rings is 1. The number of fused-ring (bicyclic) bond motifs is 1. The lowest BCUT2D eigenvalue weighted by Crippen LogP contribution is -2.13. The molecule has 3 heterocycles. The minimum Gasteiger partial charge on any atom is -0.321 e. The molecule has 3 aromatic heterocycles. The Morgan fingerprint density at radius 3 is 2.62 bits per heavy atom. The zero-order chi connectivity index (χ0) is 23.9. The van der Waals surface area contributed by atoms with Crippen LogP contribution in [0.25, 0.3) is 27.3 Å². The van der Waals surface area contributed by atoms with E-state index in [2.05, 4.69) is 20.4 Å². The highest BCUT2D eigenvalue weighted by molar-refractivity contribution is 7.91. The fourth-order valence-electron chi connectivity index (χ4n) is 3.53. The number of carbonyl (C=O) groups is 1. The molecule has 0 aliphatic rings. The largest absolute Gasteiger partial charge is 0.321 e. The summed E-state index contributed by atoms with van der Waals surface area (Å²) < 4.78 is 22.3. The van der Waals surface area contributed by atoms with Crippen molar-refractivity contribution in [3.05, 3.63) is 83.6 Å². The van der Waals surface area contributed by atoms with Crippen LogP contribution < -0.4 is 5.32 Å². The van der Waals surface area contributed by atoms with Crippen molar-refractivity contribution in [3.8, 4) is 17.1 Å². The van der Waals surface area contributed by atoms with Crippen LogP contribution in [0.15, 0.2) is 77.1 Å². The topological polar surface area (TPSA) is 114 Å². The molecule has 2 aromatic carbocycles. The highest BCUT2D eigenvalue weighted by Crippen LogP contribution is 2.29. The fraction of sp³-hybridized carbons (Fsp3) is 0.0833. The van der Waals surface area contributed by atoms with Crippen LogP contribution in [0.1, 0.15) is 16.2 Å². The standard InChI is InChI=1S/C24H20N6O2S2/c1-15-4-3-5-23(27-15)30-21(16-6-11-19-22(12-16)33-14-26-19)13-20(29-30)24(31)28-17-7-9-18(10-8-17)34(2,25)32/h3-14,25H,1-2H3,(H,28,31). The number of amides is 1. The Morgan fingerprint density at radius 2 is 1.88 bits per heavy atom. The van der Waals surface area contributed by atoms with Crippen LogP contribution in [0, 0.1) is 11.7 Å². The third kappa shape index (κ3) is 4.33. The van der Waals surface area contributed by atoms with Crippen LogP contribution in [0.3, 0.4) is 0 Å². The highest BCUT2D eigenvalue weighted by Gasteiger charge is 2.18. The summed E-state index contributed by atoms with van der Waals surface area (Å²) in [6.07, 6.45) is 1.36. The summed E-state index contributed by atoms with van der Waals surface area (Å²) in [7, 11) is -2.82. The molecule has 10 heteroatoms. The minimum atomic E-state index is -2.82. The number of nitrogens with zero attached hydrogens (tertiary/aromatic N) is 4. The predicted molar refractivity (Wildman–Crippen MR) is 134 cm³/mol. The van der Waals surface area contributed by atoms with Crippen LogP contribution >= 0.6 is 11.3 Å². The van der Waals surface area contributed by atoms with Crippen molar-refractivity contribution in [2.45, 2.75) is 11.8 Å². The van der Waals surface area contributed by atoms with E-state index in [-0.39, 0.29) is 11.6 Å². The Morgan fingerprint density at radius 1 is 1.09 bits per heavy atom. The number of anilines is 1. The fourth-order valence-corrected chi connectivity index (χ4v) is 4.90. The summed E-state index contributed by atoms with van der Waals surface area (Å²) >= 11 is 1.55. The van der Waals surface area contributed by atoms with E-state index in [0.717, 1.165) is 27.2 Å². The summed E-state index contributed by atoms with van der Waals surface area (Å²) in [6, 6.07) is 19.7. The molecule has 8 nitrogen and oxygen atoms in total. The third-order valence-electron chi connectivity index (χ3n) is 5.22. The molecule has 1 amide bonds. The lowest BCUT2D eigenvalue weighted by molar-refractivity contribution is 0.102.